The van der Waals surface area contributed by atoms with Crippen LogP contribution in [0.3, 0.4) is 0 Å². The molecule has 0 aliphatic rings. The van der Waals surface area contributed by atoms with Gasteiger partial charge in [0.05, 0.1) is 0 Å². The molecule has 5 heteroatoms. The number of hydrogen-bond acceptors (Lipinski definition) is 2. The first-order valence-electron chi connectivity index (χ1n) is 5.70. The number of alkyl halides is 1. The number of rotatable bonds is 6. The number of hydrogen-bond donors (Lipinski definition) is 2. The molecule has 0 aliphatic carbocycles. The molecule has 1 atom stereocenters. The minimum atomic E-state index is -0.259. The fourth-order valence-corrected chi connectivity index (χ4v) is 2.18. The molecule has 4 nitrogen and oxygen atoms in total. The van der Waals surface area contributed by atoms with Gasteiger partial charge in [-0.25, -0.2) is 0 Å². The van der Waals surface area contributed by atoms with Gasteiger partial charge in [-0.3, -0.25) is 9.59 Å². The molecule has 0 radical (unpaired) electrons. The zero-order valence-corrected chi connectivity index (χ0v) is 11.4. The van der Waals surface area contributed by atoms with E-state index in [2.05, 4.69) is 33.2 Å². The average Bonchev–Trinajstić information content (AvgIpc) is 2.34. The first kappa shape index (κ1) is 14.0. The van der Waals surface area contributed by atoms with Gasteiger partial charge >= 0.3 is 0 Å². The maximum atomic E-state index is 11.7. The van der Waals surface area contributed by atoms with Gasteiger partial charge in [0, 0.05) is 29.7 Å². The quantitative estimate of drug-likeness (QED) is 0.789. The number of aromatic amines is 1. The van der Waals surface area contributed by atoms with E-state index in [9.17, 15) is 9.59 Å². The predicted molar refractivity (Wildman–Crippen MR) is 71.6 cm³/mol. The highest BCUT2D eigenvalue weighted by Gasteiger charge is 2.09. The Bertz CT molecular complexity index is 417. The van der Waals surface area contributed by atoms with Gasteiger partial charge in [-0.05, 0) is 18.4 Å². The van der Waals surface area contributed by atoms with Gasteiger partial charge in [0.1, 0.15) is 0 Å². The van der Waals surface area contributed by atoms with Crippen LogP contribution in [0.5, 0.6) is 0 Å². The molecule has 0 spiro atoms. The largest absolute Gasteiger partial charge is 0.352 e. The van der Waals surface area contributed by atoms with Crippen molar-refractivity contribution in [3.05, 3.63) is 34.2 Å². The minimum absolute atomic E-state index is 0.191. The summed E-state index contributed by atoms with van der Waals surface area (Å²) >= 11 is 3.39. The number of nitrogens with one attached hydrogen (secondary N) is 2. The lowest BCUT2D eigenvalue weighted by Gasteiger charge is -2.14. The first-order chi connectivity index (χ1) is 8.17. The van der Waals surface area contributed by atoms with Gasteiger partial charge in [-0.2, -0.15) is 0 Å². The summed E-state index contributed by atoms with van der Waals surface area (Å²) in [5.41, 5.74) is 0.146. The summed E-state index contributed by atoms with van der Waals surface area (Å²) in [4.78, 5) is 25.3. The fourth-order valence-electron chi connectivity index (χ4n) is 1.53. The van der Waals surface area contributed by atoms with Crippen LogP contribution in [-0.4, -0.2) is 22.8 Å². The molecule has 2 N–H and O–H groups in total. The molecule has 17 heavy (non-hydrogen) atoms. The smallest absolute Gasteiger partial charge is 0.251 e. The number of amides is 1. The van der Waals surface area contributed by atoms with E-state index in [-0.39, 0.29) is 11.5 Å². The number of aromatic nitrogens is 1. The molecule has 0 bridgehead atoms. The summed E-state index contributed by atoms with van der Waals surface area (Å²) in [5.74, 6) is 0.282. The average molecular weight is 301 g/mol. The van der Waals surface area contributed by atoms with Crippen molar-refractivity contribution in [3.8, 4) is 0 Å². The van der Waals surface area contributed by atoms with Crippen molar-refractivity contribution in [2.24, 2.45) is 5.92 Å². The van der Waals surface area contributed by atoms with Crippen molar-refractivity contribution in [2.45, 2.75) is 19.8 Å². The van der Waals surface area contributed by atoms with E-state index in [0.717, 1.165) is 18.2 Å². The maximum absolute atomic E-state index is 11.7. The second-order valence-electron chi connectivity index (χ2n) is 3.90. The minimum Gasteiger partial charge on any atom is -0.352 e. The lowest BCUT2D eigenvalue weighted by atomic mass is 10.0. The Labute approximate surface area is 109 Å². The van der Waals surface area contributed by atoms with Gasteiger partial charge in [0.25, 0.3) is 5.91 Å². The Balaban J connectivity index is 2.52. The standard InChI is InChI=1S/C12H17BrN2O2/c1-2-9(3-5-13)8-15-12(17)10-4-6-14-11(16)7-10/h4,6-7,9H,2-3,5,8H2,1H3,(H,14,16)(H,15,17). The summed E-state index contributed by atoms with van der Waals surface area (Å²) in [5, 5.41) is 3.79. The highest BCUT2D eigenvalue weighted by atomic mass is 79.9. The summed E-state index contributed by atoms with van der Waals surface area (Å²) in [7, 11) is 0. The number of carbonyl (C=O) groups excluding carboxylic acids is 1. The normalized spacial score (nSPS) is 12.1. The molecule has 94 valence electrons. The van der Waals surface area contributed by atoms with Crippen molar-refractivity contribution in [2.75, 3.05) is 11.9 Å². The van der Waals surface area contributed by atoms with Gasteiger partial charge < -0.3 is 10.3 Å². The third kappa shape index (κ3) is 4.73. The molecular weight excluding hydrogens is 284 g/mol. The summed E-state index contributed by atoms with van der Waals surface area (Å²) in [6.07, 6.45) is 3.54. The Hall–Kier alpha value is -1.10. The third-order valence-corrected chi connectivity index (χ3v) is 3.14. The summed E-state index contributed by atoms with van der Waals surface area (Å²) < 4.78 is 0. The molecule has 0 aliphatic heterocycles. The van der Waals surface area contributed by atoms with E-state index in [4.69, 9.17) is 0 Å². The van der Waals surface area contributed by atoms with Gasteiger partial charge in [-0.15, -0.1) is 0 Å². The van der Waals surface area contributed by atoms with E-state index >= 15 is 0 Å². The Morgan fingerprint density at radius 2 is 2.35 bits per heavy atom. The van der Waals surface area contributed by atoms with Crippen LogP contribution in [0.25, 0.3) is 0 Å². The van der Waals surface area contributed by atoms with Gasteiger partial charge in [-0.1, -0.05) is 29.3 Å². The van der Waals surface area contributed by atoms with Crippen LogP contribution < -0.4 is 10.9 Å². The van der Waals surface area contributed by atoms with Crippen molar-refractivity contribution < 1.29 is 4.79 Å². The van der Waals surface area contributed by atoms with Crippen LogP contribution in [0.2, 0.25) is 0 Å². The Morgan fingerprint density at radius 3 is 2.94 bits per heavy atom. The molecule has 1 amide bonds. The maximum Gasteiger partial charge on any atom is 0.251 e. The second-order valence-corrected chi connectivity index (χ2v) is 4.70. The molecule has 1 aromatic heterocycles. The number of carbonyl (C=O) groups is 1. The predicted octanol–water partition coefficient (Wildman–Crippen LogP) is 1.92. The summed E-state index contributed by atoms with van der Waals surface area (Å²) in [6.45, 7) is 2.75. The lowest BCUT2D eigenvalue weighted by molar-refractivity contribution is 0.0946. The first-order valence-corrected chi connectivity index (χ1v) is 6.82. The van der Waals surface area contributed by atoms with Gasteiger partial charge in [0.2, 0.25) is 5.56 Å². The lowest BCUT2D eigenvalue weighted by Crippen LogP contribution is -2.30. The molecule has 1 unspecified atom stereocenters. The van der Waals surface area contributed by atoms with E-state index in [0.29, 0.717) is 18.0 Å². The SMILES string of the molecule is CCC(CCBr)CNC(=O)c1cc[nH]c(=O)c1. The van der Waals surface area contributed by atoms with E-state index in [1.54, 1.807) is 6.07 Å². The van der Waals surface area contributed by atoms with Gasteiger partial charge in [0.15, 0.2) is 0 Å². The van der Waals surface area contributed by atoms with Crippen LogP contribution in [0.1, 0.15) is 30.1 Å². The van der Waals surface area contributed by atoms with E-state index in [1.807, 2.05) is 0 Å². The molecule has 1 aromatic rings. The van der Waals surface area contributed by atoms with Crippen LogP contribution in [0.15, 0.2) is 23.1 Å². The highest BCUT2D eigenvalue weighted by molar-refractivity contribution is 9.09. The highest BCUT2D eigenvalue weighted by Crippen LogP contribution is 2.08. The Kier molecular flexibility index (Phi) is 5.97. The molecule has 1 heterocycles. The molecule has 0 fully saturated rings. The zero-order valence-electron chi connectivity index (χ0n) is 9.83. The van der Waals surface area contributed by atoms with Crippen LogP contribution in [-0.2, 0) is 0 Å². The second kappa shape index (κ2) is 7.27. The third-order valence-electron chi connectivity index (χ3n) is 2.68. The fraction of sp³-hybridized carbons (Fsp3) is 0.500. The van der Waals surface area contributed by atoms with Crippen LogP contribution in [0, 0.1) is 5.92 Å². The number of H-pyrrole nitrogens is 1. The zero-order chi connectivity index (χ0) is 12.7. The van der Waals surface area contributed by atoms with Crippen molar-refractivity contribution in [1.29, 1.82) is 0 Å². The van der Waals surface area contributed by atoms with Crippen molar-refractivity contribution in [3.63, 3.8) is 0 Å². The van der Waals surface area contributed by atoms with E-state index < -0.39 is 0 Å². The number of halogens is 1. The molecule has 0 saturated heterocycles. The molecule has 0 saturated carbocycles. The van der Waals surface area contributed by atoms with Crippen LogP contribution >= 0.6 is 15.9 Å². The molecule has 0 aromatic carbocycles. The molecule has 1 rings (SSSR count). The molecular formula is C12H17BrN2O2. The topological polar surface area (TPSA) is 62.0 Å². The van der Waals surface area contributed by atoms with Crippen LogP contribution in [0.4, 0.5) is 0 Å². The van der Waals surface area contributed by atoms with E-state index in [1.165, 1.54) is 12.3 Å². The monoisotopic (exact) mass is 300 g/mol. The number of pyridine rings is 1. The Morgan fingerprint density at radius 1 is 1.59 bits per heavy atom. The summed E-state index contributed by atoms with van der Waals surface area (Å²) in [6, 6.07) is 2.91. The van der Waals surface area contributed by atoms with Crippen molar-refractivity contribution in [1.82, 2.24) is 10.3 Å². The van der Waals surface area contributed by atoms with Crippen molar-refractivity contribution >= 4 is 21.8 Å².